The number of urea groups is 1. The number of aliphatic hydroxyl groups excluding tert-OH is 2. The van der Waals surface area contributed by atoms with Crippen LogP contribution in [0.25, 0.3) is 11.2 Å². The minimum absolute atomic E-state index is 0.139. The average Bonchev–Trinajstić information content (AvgIpc) is 3.06. The van der Waals surface area contributed by atoms with Crippen LogP contribution in [0, 0.1) is 0 Å². The van der Waals surface area contributed by atoms with E-state index in [1.165, 1.54) is 17.9 Å². The fourth-order valence-corrected chi connectivity index (χ4v) is 2.51. The molecule has 0 radical (unpaired) electrons. The Morgan fingerprint density at radius 1 is 1.57 bits per heavy atom. The number of hydrogen-bond donors (Lipinski definition) is 5. The Hall–Kier alpha value is -2.50. The highest BCUT2D eigenvalue weighted by atomic mass is 16.5. The fourth-order valence-electron chi connectivity index (χ4n) is 2.51. The van der Waals surface area contributed by atoms with Crippen molar-refractivity contribution >= 4 is 23.0 Å². The molecule has 0 saturated carbocycles. The van der Waals surface area contributed by atoms with E-state index < -0.39 is 30.2 Å². The van der Waals surface area contributed by atoms with E-state index in [-0.39, 0.29) is 30.0 Å². The van der Waals surface area contributed by atoms with Crippen molar-refractivity contribution in [3.63, 3.8) is 0 Å². The minimum atomic E-state index is -0.882. The van der Waals surface area contributed by atoms with Crippen LogP contribution in [0.15, 0.2) is 11.1 Å². The lowest BCUT2D eigenvalue weighted by atomic mass is 10.2. The number of carbonyl (C=O) groups excluding carboxylic acids is 1. The van der Waals surface area contributed by atoms with Gasteiger partial charge in [0.15, 0.2) is 11.5 Å². The third-order valence-corrected chi connectivity index (χ3v) is 3.64. The number of carbonyl (C=O) groups is 1. The number of aliphatic hydroxyl groups is 2. The highest BCUT2D eigenvalue weighted by Gasteiger charge is 2.36. The summed E-state index contributed by atoms with van der Waals surface area (Å²) in [4.78, 5) is 34.2. The predicted molar refractivity (Wildman–Crippen MR) is 77.8 cm³/mol. The van der Waals surface area contributed by atoms with Gasteiger partial charge in [-0.3, -0.25) is 5.32 Å². The molecule has 1 saturated heterocycles. The molecule has 5 N–H and O–H groups in total. The van der Waals surface area contributed by atoms with Gasteiger partial charge in [0.2, 0.25) is 0 Å². The van der Waals surface area contributed by atoms with Crippen molar-refractivity contribution in [1.82, 2.24) is 24.8 Å². The summed E-state index contributed by atoms with van der Waals surface area (Å²) in [6.45, 7) is -0.354. The highest BCUT2D eigenvalue weighted by molar-refractivity contribution is 5.95. The number of H-pyrrole nitrogens is 1. The van der Waals surface area contributed by atoms with Gasteiger partial charge in [-0.05, 0) is 0 Å². The smallest absolute Gasteiger partial charge is 0.329 e. The largest absolute Gasteiger partial charge is 0.394 e. The molecule has 0 spiro atoms. The van der Waals surface area contributed by atoms with E-state index in [1.807, 2.05) is 0 Å². The molecule has 11 heteroatoms. The van der Waals surface area contributed by atoms with Crippen LogP contribution in [0.3, 0.4) is 0 Å². The molecule has 0 bridgehead atoms. The quantitative estimate of drug-likeness (QED) is 0.461. The first-order valence-corrected chi connectivity index (χ1v) is 6.93. The summed E-state index contributed by atoms with van der Waals surface area (Å²) in [5.41, 5.74) is -0.0462. The lowest BCUT2D eigenvalue weighted by Gasteiger charge is -2.13. The lowest BCUT2D eigenvalue weighted by molar-refractivity contribution is -0.0441. The number of fused-ring (bicyclic) bond motifs is 1. The van der Waals surface area contributed by atoms with Crippen LogP contribution in [0.5, 0.6) is 0 Å². The Balaban J connectivity index is 2.03. The van der Waals surface area contributed by atoms with Crippen molar-refractivity contribution in [2.45, 2.75) is 24.9 Å². The first-order valence-electron chi connectivity index (χ1n) is 6.93. The summed E-state index contributed by atoms with van der Waals surface area (Å²) >= 11 is 0. The molecule has 0 aromatic carbocycles. The Kier molecular flexibility index (Phi) is 3.98. The molecule has 0 unspecified atom stereocenters. The van der Waals surface area contributed by atoms with Crippen LogP contribution in [0.4, 0.5) is 10.6 Å². The van der Waals surface area contributed by atoms with Crippen molar-refractivity contribution in [3.8, 4) is 0 Å². The van der Waals surface area contributed by atoms with Crippen molar-refractivity contribution in [1.29, 1.82) is 0 Å². The number of rotatable bonds is 3. The number of hydrogen-bond acceptors (Lipinski definition) is 7. The van der Waals surface area contributed by atoms with Crippen LogP contribution < -0.4 is 16.3 Å². The number of amides is 2. The minimum Gasteiger partial charge on any atom is -0.394 e. The molecule has 2 aromatic heterocycles. The zero-order valence-electron chi connectivity index (χ0n) is 12.2. The van der Waals surface area contributed by atoms with Crippen LogP contribution in [-0.2, 0) is 4.74 Å². The van der Waals surface area contributed by atoms with Gasteiger partial charge in [0.25, 0.3) is 0 Å². The summed E-state index contributed by atoms with van der Waals surface area (Å²) in [5, 5.41) is 23.8. The third kappa shape index (κ3) is 2.65. The second-order valence-corrected chi connectivity index (χ2v) is 5.04. The first-order chi connectivity index (χ1) is 11.0. The van der Waals surface area contributed by atoms with E-state index in [0.717, 1.165) is 0 Å². The zero-order chi connectivity index (χ0) is 16.6. The molecular formula is C12H16N6O5. The molecular weight excluding hydrogens is 308 g/mol. The predicted octanol–water partition coefficient (Wildman–Crippen LogP) is -1.49. The number of imidazole rings is 1. The molecule has 0 aliphatic carbocycles. The van der Waals surface area contributed by atoms with Crippen molar-refractivity contribution in [2.75, 3.05) is 19.0 Å². The van der Waals surface area contributed by atoms with Gasteiger partial charge in [-0.1, -0.05) is 0 Å². The molecule has 23 heavy (non-hydrogen) atoms. The number of aromatic nitrogens is 4. The maximum absolute atomic E-state index is 12.2. The van der Waals surface area contributed by atoms with Gasteiger partial charge in [0.1, 0.15) is 24.2 Å². The standard InChI is InChI=1S/C12H16N6O5/c1-13-11(21)17-9-8-10(15-4-14-9)18(12(22)16-8)7-2-5(20)6(3-19)23-7/h4-7,19-20H,2-3H2,1H3,(H,16,22)(H2,13,14,15,17,21)/t5-,6+,7+/m0/s1. The second-order valence-electron chi connectivity index (χ2n) is 5.04. The number of ether oxygens (including phenoxy) is 1. The molecule has 1 aliphatic heterocycles. The normalized spacial score (nSPS) is 24.0. The van der Waals surface area contributed by atoms with Crippen molar-refractivity contribution in [2.24, 2.45) is 0 Å². The summed E-state index contributed by atoms with van der Waals surface area (Å²) in [5.74, 6) is 0.141. The van der Waals surface area contributed by atoms with Gasteiger partial charge >= 0.3 is 11.7 Å². The zero-order valence-corrected chi connectivity index (χ0v) is 12.2. The lowest BCUT2D eigenvalue weighted by Crippen LogP contribution is -2.25. The molecule has 2 aromatic rings. The van der Waals surface area contributed by atoms with E-state index in [4.69, 9.17) is 9.84 Å². The Labute approximate surface area is 129 Å². The Morgan fingerprint density at radius 2 is 2.35 bits per heavy atom. The topological polar surface area (TPSA) is 154 Å². The summed E-state index contributed by atoms with van der Waals surface area (Å²) in [6, 6.07) is -0.494. The van der Waals surface area contributed by atoms with Crippen LogP contribution in [-0.4, -0.2) is 61.6 Å². The molecule has 11 nitrogen and oxygen atoms in total. The van der Waals surface area contributed by atoms with Crippen molar-refractivity contribution in [3.05, 3.63) is 16.8 Å². The highest BCUT2D eigenvalue weighted by Crippen LogP contribution is 2.30. The summed E-state index contributed by atoms with van der Waals surface area (Å²) in [7, 11) is 1.45. The molecule has 3 rings (SSSR count). The van der Waals surface area contributed by atoms with Crippen LogP contribution in [0.2, 0.25) is 0 Å². The Morgan fingerprint density at radius 3 is 3.00 bits per heavy atom. The molecule has 1 aliphatic rings. The van der Waals surface area contributed by atoms with Gasteiger partial charge in [-0.25, -0.2) is 24.1 Å². The van der Waals surface area contributed by atoms with Crippen molar-refractivity contribution < 1.29 is 19.7 Å². The summed E-state index contributed by atoms with van der Waals surface area (Å²) in [6.07, 6.45) is -1.08. The van der Waals surface area contributed by atoms with E-state index in [0.29, 0.717) is 0 Å². The van der Waals surface area contributed by atoms with Gasteiger partial charge in [-0.15, -0.1) is 0 Å². The number of aromatic amines is 1. The fraction of sp³-hybridized carbons (Fsp3) is 0.500. The third-order valence-electron chi connectivity index (χ3n) is 3.64. The van der Waals surface area contributed by atoms with E-state index in [2.05, 4.69) is 25.6 Å². The molecule has 3 atom stereocenters. The maximum Gasteiger partial charge on any atom is 0.329 e. The average molecular weight is 324 g/mol. The van der Waals surface area contributed by atoms with E-state index >= 15 is 0 Å². The Bertz CT molecular complexity index is 786. The molecule has 124 valence electrons. The van der Waals surface area contributed by atoms with E-state index in [1.54, 1.807) is 0 Å². The van der Waals surface area contributed by atoms with E-state index in [9.17, 15) is 14.7 Å². The first kappa shape index (κ1) is 15.4. The molecule has 2 amide bonds. The second kappa shape index (κ2) is 5.95. The van der Waals surface area contributed by atoms with Gasteiger partial charge in [0, 0.05) is 13.5 Å². The maximum atomic E-state index is 12.2. The molecule has 1 fully saturated rings. The monoisotopic (exact) mass is 324 g/mol. The number of nitrogens with zero attached hydrogens (tertiary/aromatic N) is 3. The summed E-state index contributed by atoms with van der Waals surface area (Å²) < 4.78 is 6.71. The molecule has 3 heterocycles. The number of anilines is 1. The van der Waals surface area contributed by atoms with Gasteiger partial charge in [0.05, 0.1) is 12.7 Å². The SMILES string of the molecule is CNC(=O)Nc1ncnc2c1[nH]c(=O)n2[C@H]1C[C@H](O)[C@@H](CO)O1. The van der Waals surface area contributed by atoms with Gasteiger partial charge < -0.3 is 25.3 Å². The van der Waals surface area contributed by atoms with Crippen LogP contribution >= 0.6 is 0 Å². The number of nitrogens with one attached hydrogen (secondary N) is 3. The van der Waals surface area contributed by atoms with Crippen LogP contribution in [0.1, 0.15) is 12.6 Å². The van der Waals surface area contributed by atoms with Gasteiger partial charge in [-0.2, -0.15) is 0 Å².